The topological polar surface area (TPSA) is 71.1 Å². The lowest BCUT2D eigenvalue weighted by Crippen LogP contribution is -2.15. The molecular weight excluding hydrogens is 367 g/mol. The van der Waals surface area contributed by atoms with E-state index in [-0.39, 0.29) is 31.9 Å². The van der Waals surface area contributed by atoms with Gasteiger partial charge in [-0.15, -0.1) is 0 Å². The van der Waals surface area contributed by atoms with Crippen molar-refractivity contribution in [2.45, 2.75) is 72.5 Å². The smallest absolute Gasteiger partial charge is 0.459 e. The zero-order chi connectivity index (χ0) is 20.1. The highest BCUT2D eigenvalue weighted by atomic mass is 31.2. The Hall–Kier alpha value is -1.20. The lowest BCUT2D eigenvalue weighted by molar-refractivity contribution is 0.0319. The molecule has 1 rings (SSSR count). The number of ether oxygens (including phenoxy) is 1. The van der Waals surface area contributed by atoms with Gasteiger partial charge in [0.2, 0.25) is 0 Å². The Bertz CT molecular complexity index is 577. The van der Waals surface area contributed by atoms with Crippen molar-refractivity contribution >= 4 is 13.8 Å². The van der Waals surface area contributed by atoms with Gasteiger partial charge in [0, 0.05) is 0 Å². The van der Waals surface area contributed by atoms with E-state index in [1.165, 1.54) is 19.3 Å². The fraction of sp³-hybridized carbons (Fsp3) is 0.650. The monoisotopic (exact) mass is 400 g/mol. The minimum Gasteiger partial charge on any atom is -0.459 e. The number of hydrogen-bond acceptors (Lipinski definition) is 6. The molecule has 0 radical (unpaired) electrons. The Morgan fingerprint density at radius 2 is 1.59 bits per heavy atom. The third kappa shape index (κ3) is 9.52. The number of hydrogen-bond donors (Lipinski definition) is 0. The second-order valence-electron chi connectivity index (χ2n) is 6.32. The Morgan fingerprint density at radius 3 is 2.15 bits per heavy atom. The van der Waals surface area contributed by atoms with Crippen LogP contribution in [-0.4, -0.2) is 25.3 Å². The summed E-state index contributed by atoms with van der Waals surface area (Å²) in [4.78, 5) is 12.2. The summed E-state index contributed by atoms with van der Waals surface area (Å²) in [5, 5.41) is 0. The van der Waals surface area contributed by atoms with Gasteiger partial charge in [0.25, 0.3) is 0 Å². The van der Waals surface area contributed by atoms with Gasteiger partial charge in [-0.05, 0) is 51.3 Å². The Kier molecular flexibility index (Phi) is 11.5. The molecule has 0 fully saturated rings. The van der Waals surface area contributed by atoms with Crippen LogP contribution in [0.3, 0.4) is 0 Å². The third-order valence-corrected chi connectivity index (χ3v) is 5.52. The van der Waals surface area contributed by atoms with Crippen molar-refractivity contribution in [2.24, 2.45) is 0 Å². The molecule has 27 heavy (non-hydrogen) atoms. The fourth-order valence-corrected chi connectivity index (χ4v) is 3.65. The highest BCUT2D eigenvalue weighted by Crippen LogP contribution is 2.49. The van der Waals surface area contributed by atoms with E-state index < -0.39 is 7.82 Å². The van der Waals surface area contributed by atoms with E-state index in [0.717, 1.165) is 18.4 Å². The molecule has 1 atom stereocenters. The van der Waals surface area contributed by atoms with Crippen LogP contribution in [0.15, 0.2) is 24.3 Å². The molecule has 0 amide bonds. The minimum absolute atomic E-state index is 0.0699. The van der Waals surface area contributed by atoms with Gasteiger partial charge in [-0.1, -0.05) is 38.3 Å². The molecule has 1 unspecified atom stereocenters. The van der Waals surface area contributed by atoms with Gasteiger partial charge < -0.3 is 4.74 Å². The van der Waals surface area contributed by atoms with Crippen LogP contribution in [-0.2, 0) is 29.5 Å². The van der Waals surface area contributed by atoms with E-state index in [4.69, 9.17) is 18.3 Å². The van der Waals surface area contributed by atoms with Crippen molar-refractivity contribution in [1.29, 1.82) is 0 Å². The predicted octanol–water partition coefficient (Wildman–Crippen LogP) is 5.90. The SMILES string of the molecule is CCCCCCC(C)OC(=O)c1ccc(COP(=O)(OCC)OCC)cc1. The molecule has 0 bridgehead atoms. The van der Waals surface area contributed by atoms with E-state index in [1.54, 1.807) is 38.1 Å². The summed E-state index contributed by atoms with van der Waals surface area (Å²) in [6.07, 6.45) is 5.42. The predicted molar refractivity (Wildman–Crippen MR) is 106 cm³/mol. The van der Waals surface area contributed by atoms with Gasteiger partial charge >= 0.3 is 13.8 Å². The van der Waals surface area contributed by atoms with Crippen LogP contribution in [0.5, 0.6) is 0 Å². The molecule has 0 saturated carbocycles. The van der Waals surface area contributed by atoms with Crippen molar-refractivity contribution in [1.82, 2.24) is 0 Å². The Morgan fingerprint density at radius 1 is 0.963 bits per heavy atom. The zero-order valence-corrected chi connectivity index (χ0v) is 17.8. The number of unbranched alkanes of at least 4 members (excludes halogenated alkanes) is 3. The zero-order valence-electron chi connectivity index (χ0n) is 16.9. The summed E-state index contributed by atoms with van der Waals surface area (Å²) in [6, 6.07) is 6.84. The standard InChI is InChI=1S/C20H33O6P/c1-5-8-9-10-11-17(4)26-20(21)19-14-12-18(13-15-19)16-25-27(22,23-6-2)24-7-3/h12-15,17H,5-11,16H2,1-4H3. The second-order valence-corrected chi connectivity index (χ2v) is 7.99. The first kappa shape index (κ1) is 23.8. The Labute approximate surface area is 163 Å². The molecule has 6 nitrogen and oxygen atoms in total. The van der Waals surface area contributed by atoms with Crippen LogP contribution >= 0.6 is 7.82 Å². The molecule has 0 aromatic heterocycles. The summed E-state index contributed by atoms with van der Waals surface area (Å²) < 4.78 is 33.2. The van der Waals surface area contributed by atoms with Crippen molar-refractivity contribution in [2.75, 3.05) is 13.2 Å². The van der Waals surface area contributed by atoms with Gasteiger partial charge in [0.15, 0.2) is 0 Å². The van der Waals surface area contributed by atoms with Crippen LogP contribution in [0.2, 0.25) is 0 Å². The van der Waals surface area contributed by atoms with E-state index in [9.17, 15) is 9.36 Å². The normalized spacial score (nSPS) is 12.7. The first-order valence-corrected chi connectivity index (χ1v) is 11.2. The molecule has 0 N–H and O–H groups in total. The number of carbonyl (C=O) groups is 1. The average molecular weight is 400 g/mol. The third-order valence-electron chi connectivity index (χ3n) is 3.93. The number of phosphoric acid groups is 1. The minimum atomic E-state index is -3.54. The second kappa shape index (κ2) is 13.1. The number of carbonyl (C=O) groups excluding carboxylic acids is 1. The number of phosphoric ester groups is 1. The van der Waals surface area contributed by atoms with Crippen LogP contribution in [0.1, 0.15) is 75.7 Å². The van der Waals surface area contributed by atoms with Crippen molar-refractivity contribution < 1.29 is 27.7 Å². The first-order chi connectivity index (χ1) is 12.9. The van der Waals surface area contributed by atoms with Crippen LogP contribution in [0.25, 0.3) is 0 Å². The van der Waals surface area contributed by atoms with Crippen molar-refractivity contribution in [3.63, 3.8) is 0 Å². The van der Waals surface area contributed by atoms with Crippen molar-refractivity contribution in [3.05, 3.63) is 35.4 Å². The van der Waals surface area contributed by atoms with Gasteiger partial charge in [-0.3, -0.25) is 13.6 Å². The lowest BCUT2D eigenvalue weighted by atomic mass is 10.1. The van der Waals surface area contributed by atoms with E-state index in [1.807, 2.05) is 6.92 Å². The lowest BCUT2D eigenvalue weighted by Gasteiger charge is -2.16. The van der Waals surface area contributed by atoms with E-state index in [2.05, 4.69) is 6.92 Å². The molecule has 0 heterocycles. The molecule has 154 valence electrons. The molecule has 0 aliphatic rings. The summed E-state index contributed by atoms with van der Waals surface area (Å²) >= 11 is 0. The quantitative estimate of drug-likeness (QED) is 0.220. The van der Waals surface area contributed by atoms with Gasteiger partial charge in [-0.2, -0.15) is 0 Å². The van der Waals surface area contributed by atoms with Gasteiger partial charge in [0.1, 0.15) is 0 Å². The average Bonchev–Trinajstić information content (AvgIpc) is 2.64. The van der Waals surface area contributed by atoms with Gasteiger partial charge in [0.05, 0.1) is 31.5 Å². The highest BCUT2D eigenvalue weighted by molar-refractivity contribution is 7.48. The molecular formula is C20H33O6P. The number of rotatable bonds is 14. The molecule has 1 aromatic rings. The molecule has 0 spiro atoms. The van der Waals surface area contributed by atoms with Gasteiger partial charge in [-0.25, -0.2) is 9.36 Å². The molecule has 0 aliphatic carbocycles. The number of esters is 1. The maximum atomic E-state index is 12.3. The first-order valence-electron chi connectivity index (χ1n) is 9.77. The molecule has 0 aliphatic heterocycles. The number of benzene rings is 1. The van der Waals surface area contributed by atoms with Crippen LogP contribution in [0, 0.1) is 0 Å². The maximum Gasteiger partial charge on any atom is 0.475 e. The highest BCUT2D eigenvalue weighted by Gasteiger charge is 2.25. The summed E-state index contributed by atoms with van der Waals surface area (Å²) in [7, 11) is -3.54. The van der Waals surface area contributed by atoms with E-state index >= 15 is 0 Å². The molecule has 1 aromatic carbocycles. The van der Waals surface area contributed by atoms with Crippen molar-refractivity contribution in [3.8, 4) is 0 Å². The fourth-order valence-electron chi connectivity index (χ4n) is 2.49. The van der Waals surface area contributed by atoms with E-state index in [0.29, 0.717) is 5.56 Å². The Balaban J connectivity index is 2.50. The maximum absolute atomic E-state index is 12.3. The van der Waals surface area contributed by atoms with Crippen LogP contribution < -0.4 is 0 Å². The molecule has 0 saturated heterocycles. The molecule has 7 heteroatoms. The van der Waals surface area contributed by atoms with Crippen LogP contribution in [0.4, 0.5) is 0 Å². The summed E-state index contributed by atoms with van der Waals surface area (Å²) in [5.41, 5.74) is 1.25. The summed E-state index contributed by atoms with van der Waals surface area (Å²) in [5.74, 6) is -0.334. The largest absolute Gasteiger partial charge is 0.475 e. The summed E-state index contributed by atoms with van der Waals surface area (Å²) in [6.45, 7) is 8.08.